The molecule has 174 valence electrons. The van der Waals surface area contributed by atoms with Crippen LogP contribution in [0.25, 0.3) is 11.1 Å². The lowest BCUT2D eigenvalue weighted by atomic mass is 10.0. The zero-order chi connectivity index (χ0) is 23.3. The van der Waals surface area contributed by atoms with Gasteiger partial charge in [-0.25, -0.2) is 4.39 Å². The zero-order valence-corrected chi connectivity index (χ0v) is 20.5. The average molecular weight is 437 g/mol. The molecular weight excluding hydrogens is 395 g/mol. The van der Waals surface area contributed by atoms with Crippen LogP contribution in [0.5, 0.6) is 0 Å². The number of hydrogen-bond donors (Lipinski definition) is 2. The smallest absolute Gasteiger partial charge is 0.133 e. The molecule has 2 aromatic rings. The van der Waals surface area contributed by atoms with Crippen molar-refractivity contribution in [3.8, 4) is 11.1 Å². The molecule has 2 aromatic carbocycles. The number of anilines is 1. The van der Waals surface area contributed by atoms with Gasteiger partial charge in [0.15, 0.2) is 0 Å². The van der Waals surface area contributed by atoms with Crippen molar-refractivity contribution in [1.29, 1.82) is 0 Å². The second kappa shape index (κ2) is 13.8. The summed E-state index contributed by atoms with van der Waals surface area (Å²) in [6, 6.07) is 13.6. The molecule has 0 saturated heterocycles. The van der Waals surface area contributed by atoms with E-state index < -0.39 is 0 Å². The van der Waals surface area contributed by atoms with Crippen molar-refractivity contribution < 1.29 is 4.39 Å². The Labute approximate surface area is 195 Å². The molecule has 1 aliphatic rings. The summed E-state index contributed by atoms with van der Waals surface area (Å²) in [7, 11) is 0. The molecule has 0 amide bonds. The molecule has 2 nitrogen and oxygen atoms in total. The molecular formula is C29H41FN2. The fourth-order valence-corrected chi connectivity index (χ4v) is 3.28. The Hall–Kier alpha value is -2.55. The van der Waals surface area contributed by atoms with E-state index >= 15 is 0 Å². The molecule has 0 heterocycles. The Balaban J connectivity index is 0.00000176. The largest absolute Gasteiger partial charge is 0.385 e. The molecule has 1 saturated carbocycles. The third-order valence-electron chi connectivity index (χ3n) is 5.84. The first-order chi connectivity index (χ1) is 15.6. The van der Waals surface area contributed by atoms with E-state index in [1.807, 2.05) is 38.1 Å². The van der Waals surface area contributed by atoms with Crippen LogP contribution in [-0.2, 0) is 6.42 Å². The molecule has 1 fully saturated rings. The maximum Gasteiger partial charge on any atom is 0.133 e. The molecule has 0 spiro atoms. The van der Waals surface area contributed by atoms with Gasteiger partial charge in [-0.15, -0.1) is 0 Å². The Morgan fingerprint density at radius 2 is 1.84 bits per heavy atom. The normalized spacial score (nSPS) is 14.6. The van der Waals surface area contributed by atoms with Gasteiger partial charge in [-0.1, -0.05) is 70.5 Å². The summed E-state index contributed by atoms with van der Waals surface area (Å²) >= 11 is 0. The summed E-state index contributed by atoms with van der Waals surface area (Å²) in [4.78, 5) is 0. The number of hydrogen-bond acceptors (Lipinski definition) is 2. The molecule has 1 unspecified atom stereocenters. The van der Waals surface area contributed by atoms with E-state index in [9.17, 15) is 4.39 Å². The van der Waals surface area contributed by atoms with E-state index in [-0.39, 0.29) is 5.82 Å². The van der Waals surface area contributed by atoms with Gasteiger partial charge in [0.2, 0.25) is 0 Å². The Morgan fingerprint density at radius 1 is 1.12 bits per heavy atom. The van der Waals surface area contributed by atoms with Crippen molar-refractivity contribution in [1.82, 2.24) is 5.32 Å². The molecule has 0 radical (unpaired) electrons. The van der Waals surface area contributed by atoms with Gasteiger partial charge in [0.1, 0.15) is 5.82 Å². The lowest BCUT2D eigenvalue weighted by Gasteiger charge is -2.12. The van der Waals surface area contributed by atoms with Gasteiger partial charge in [-0.05, 0) is 73.4 Å². The summed E-state index contributed by atoms with van der Waals surface area (Å²) in [5, 5.41) is 6.83. The fraction of sp³-hybridized carbons (Fsp3) is 0.448. The van der Waals surface area contributed by atoms with Crippen LogP contribution in [0.4, 0.5) is 10.1 Å². The highest BCUT2D eigenvalue weighted by Gasteiger charge is 2.20. The predicted molar refractivity (Wildman–Crippen MR) is 138 cm³/mol. The summed E-state index contributed by atoms with van der Waals surface area (Å²) in [5.41, 5.74) is 4.80. The topological polar surface area (TPSA) is 24.1 Å². The van der Waals surface area contributed by atoms with Gasteiger partial charge < -0.3 is 10.6 Å². The van der Waals surface area contributed by atoms with Crippen LogP contribution in [0.15, 0.2) is 66.4 Å². The zero-order valence-electron chi connectivity index (χ0n) is 20.5. The molecule has 1 aliphatic carbocycles. The van der Waals surface area contributed by atoms with Crippen LogP contribution in [0.1, 0.15) is 59.4 Å². The van der Waals surface area contributed by atoms with E-state index in [0.29, 0.717) is 11.5 Å². The van der Waals surface area contributed by atoms with Crippen LogP contribution < -0.4 is 10.6 Å². The highest BCUT2D eigenvalue weighted by Crippen LogP contribution is 2.28. The standard InChI is InChI=1S/C27H35FN2.C2H6/c1-4-20(3)18-29-25-15-16-26(27(28)17-25)23-13-11-21(12-14-23)7-6-8-24(5-2)30-19-22-9-10-22;1-2/h5-6,8,11-17,20,22,29-30H,4,7,9-10,18-19H2,1-3H3;1-2H3/b8-6-,24-5+;. The van der Waals surface area contributed by atoms with Crippen molar-refractivity contribution in [2.24, 2.45) is 11.8 Å². The van der Waals surface area contributed by atoms with Gasteiger partial charge in [-0.2, -0.15) is 0 Å². The van der Waals surface area contributed by atoms with Crippen molar-refractivity contribution >= 4 is 5.69 Å². The first-order valence-electron chi connectivity index (χ1n) is 12.3. The highest BCUT2D eigenvalue weighted by molar-refractivity contribution is 5.67. The van der Waals surface area contributed by atoms with Crippen molar-refractivity contribution in [3.05, 3.63) is 77.8 Å². The van der Waals surface area contributed by atoms with Gasteiger partial charge in [0, 0.05) is 30.0 Å². The third kappa shape index (κ3) is 8.53. The number of allylic oxidation sites excluding steroid dienone is 3. The predicted octanol–water partition coefficient (Wildman–Crippen LogP) is 7.98. The first-order valence-corrected chi connectivity index (χ1v) is 12.3. The lowest BCUT2D eigenvalue weighted by Crippen LogP contribution is -2.14. The molecule has 1 atom stereocenters. The molecule has 0 bridgehead atoms. The SMILES string of the molecule is C/C=C(\C=C/Cc1ccc(-c2ccc(NCC(C)CC)cc2F)cc1)NCC1CC1.CC. The quantitative estimate of drug-likeness (QED) is 0.349. The van der Waals surface area contributed by atoms with Crippen molar-refractivity contribution in [3.63, 3.8) is 0 Å². The Morgan fingerprint density at radius 3 is 2.44 bits per heavy atom. The average Bonchev–Trinajstić information content (AvgIpc) is 3.66. The van der Waals surface area contributed by atoms with Crippen LogP contribution in [0.3, 0.4) is 0 Å². The minimum Gasteiger partial charge on any atom is -0.385 e. The molecule has 32 heavy (non-hydrogen) atoms. The number of nitrogens with one attached hydrogen (secondary N) is 2. The van der Waals surface area contributed by atoms with E-state index in [4.69, 9.17) is 0 Å². The lowest BCUT2D eigenvalue weighted by molar-refractivity contribution is 0.592. The second-order valence-corrected chi connectivity index (χ2v) is 8.46. The van der Waals surface area contributed by atoms with Crippen LogP contribution in [-0.4, -0.2) is 13.1 Å². The minimum atomic E-state index is -0.184. The fourth-order valence-electron chi connectivity index (χ4n) is 3.28. The summed E-state index contributed by atoms with van der Waals surface area (Å²) < 4.78 is 14.6. The van der Waals surface area contributed by atoms with Crippen molar-refractivity contribution in [2.75, 3.05) is 18.4 Å². The van der Waals surface area contributed by atoms with Crippen molar-refractivity contribution in [2.45, 2.75) is 60.3 Å². The highest BCUT2D eigenvalue weighted by atomic mass is 19.1. The molecule has 0 aliphatic heterocycles. The maximum atomic E-state index is 14.6. The summed E-state index contributed by atoms with van der Waals surface area (Å²) in [6.07, 6.45) is 11.2. The van der Waals surface area contributed by atoms with E-state index in [2.05, 4.69) is 61.8 Å². The van der Waals surface area contributed by atoms with E-state index in [0.717, 1.165) is 43.1 Å². The molecule has 0 aromatic heterocycles. The van der Waals surface area contributed by atoms with Crippen LogP contribution >= 0.6 is 0 Å². The summed E-state index contributed by atoms with van der Waals surface area (Å²) in [5.74, 6) is 1.26. The van der Waals surface area contributed by atoms with Crippen LogP contribution in [0.2, 0.25) is 0 Å². The Bertz CT molecular complexity index is 863. The summed E-state index contributed by atoms with van der Waals surface area (Å²) in [6.45, 7) is 12.4. The van der Waals surface area contributed by atoms with Gasteiger partial charge >= 0.3 is 0 Å². The number of benzene rings is 2. The Kier molecular flexibility index (Phi) is 11.1. The van der Waals surface area contributed by atoms with Gasteiger partial charge in [0.25, 0.3) is 0 Å². The van der Waals surface area contributed by atoms with Crippen LogP contribution in [0, 0.1) is 17.7 Å². The van der Waals surface area contributed by atoms with E-state index in [1.165, 1.54) is 24.1 Å². The third-order valence-corrected chi connectivity index (χ3v) is 5.84. The van der Waals surface area contributed by atoms with Gasteiger partial charge in [0.05, 0.1) is 0 Å². The molecule has 3 rings (SSSR count). The first kappa shape index (κ1) is 25.7. The number of rotatable bonds is 11. The van der Waals surface area contributed by atoms with Gasteiger partial charge in [-0.3, -0.25) is 0 Å². The minimum absolute atomic E-state index is 0.184. The van der Waals surface area contributed by atoms with E-state index in [1.54, 1.807) is 6.07 Å². The molecule has 2 N–H and O–H groups in total. The molecule has 3 heteroatoms. The monoisotopic (exact) mass is 436 g/mol. The number of halogens is 1. The second-order valence-electron chi connectivity index (χ2n) is 8.46. The maximum absolute atomic E-state index is 14.6.